The molecule has 2 aromatic carbocycles. The highest BCUT2D eigenvalue weighted by molar-refractivity contribution is 6.33. The third-order valence-electron chi connectivity index (χ3n) is 3.89. The van der Waals surface area contributed by atoms with Gasteiger partial charge < -0.3 is 9.88 Å². The summed E-state index contributed by atoms with van der Waals surface area (Å²) in [6.07, 6.45) is 3.58. The lowest BCUT2D eigenvalue weighted by Crippen LogP contribution is -2.31. The highest BCUT2D eigenvalue weighted by Gasteiger charge is 2.22. The monoisotopic (exact) mass is 339 g/mol. The van der Waals surface area contributed by atoms with E-state index in [1.165, 1.54) is 0 Å². The van der Waals surface area contributed by atoms with Crippen molar-refractivity contribution in [1.82, 2.24) is 14.9 Å². The first-order chi connectivity index (χ1) is 11.6. The maximum absolute atomic E-state index is 12.7. The number of rotatable bonds is 4. The zero-order valence-electron chi connectivity index (χ0n) is 13.5. The van der Waals surface area contributed by atoms with Crippen LogP contribution in [0.1, 0.15) is 33.4 Å². The van der Waals surface area contributed by atoms with Crippen LogP contribution in [0.25, 0.3) is 0 Å². The van der Waals surface area contributed by atoms with Gasteiger partial charge in [0.2, 0.25) is 0 Å². The summed E-state index contributed by atoms with van der Waals surface area (Å²) < 4.78 is 1.90. The van der Waals surface area contributed by atoms with Crippen molar-refractivity contribution in [2.24, 2.45) is 7.05 Å². The van der Waals surface area contributed by atoms with Crippen molar-refractivity contribution in [3.8, 4) is 0 Å². The zero-order chi connectivity index (χ0) is 17.1. The summed E-state index contributed by atoms with van der Waals surface area (Å²) in [5, 5.41) is 3.48. The molecular formula is C19H18ClN3O. The lowest BCUT2D eigenvalue weighted by Gasteiger charge is -2.20. The number of hydrogen-bond acceptors (Lipinski definition) is 2. The fourth-order valence-corrected chi connectivity index (χ4v) is 2.88. The number of amides is 1. The van der Waals surface area contributed by atoms with Crippen LogP contribution in [-0.4, -0.2) is 15.5 Å². The predicted octanol–water partition coefficient (Wildman–Crippen LogP) is 3.90. The Bertz CT molecular complexity index is 872. The van der Waals surface area contributed by atoms with Crippen molar-refractivity contribution in [1.29, 1.82) is 0 Å². The van der Waals surface area contributed by atoms with Crippen molar-refractivity contribution < 1.29 is 4.79 Å². The molecule has 0 fully saturated rings. The molecule has 3 rings (SSSR count). The van der Waals surface area contributed by atoms with Crippen LogP contribution in [0.3, 0.4) is 0 Å². The number of hydrogen-bond donors (Lipinski definition) is 1. The fraction of sp³-hybridized carbons (Fsp3) is 0.158. The van der Waals surface area contributed by atoms with Gasteiger partial charge in [0.15, 0.2) is 0 Å². The quantitative estimate of drug-likeness (QED) is 0.783. The van der Waals surface area contributed by atoms with Gasteiger partial charge in [-0.3, -0.25) is 4.79 Å². The van der Waals surface area contributed by atoms with Crippen LogP contribution in [0.5, 0.6) is 0 Å². The van der Waals surface area contributed by atoms with Crippen molar-refractivity contribution in [2.45, 2.75) is 13.0 Å². The second-order valence-corrected chi connectivity index (χ2v) is 6.10. The smallest absolute Gasteiger partial charge is 0.253 e. The summed E-state index contributed by atoms with van der Waals surface area (Å²) in [5.74, 6) is 0.538. The van der Waals surface area contributed by atoms with E-state index >= 15 is 0 Å². The molecule has 0 aliphatic heterocycles. The Balaban J connectivity index is 1.98. The van der Waals surface area contributed by atoms with Crippen LogP contribution in [0.15, 0.2) is 60.9 Å². The summed E-state index contributed by atoms with van der Waals surface area (Å²) >= 11 is 6.15. The summed E-state index contributed by atoms with van der Waals surface area (Å²) in [7, 11) is 1.91. The summed E-state index contributed by atoms with van der Waals surface area (Å²) in [6, 6.07) is 14.7. The van der Waals surface area contributed by atoms with Crippen LogP contribution in [0.2, 0.25) is 5.02 Å². The van der Waals surface area contributed by atoms with Crippen molar-refractivity contribution >= 4 is 17.5 Å². The van der Waals surface area contributed by atoms with Gasteiger partial charge in [0.25, 0.3) is 5.91 Å². The molecular weight excluding hydrogens is 322 g/mol. The van der Waals surface area contributed by atoms with E-state index in [2.05, 4.69) is 10.3 Å². The molecule has 0 saturated carbocycles. The van der Waals surface area contributed by atoms with Crippen LogP contribution >= 0.6 is 11.6 Å². The zero-order valence-corrected chi connectivity index (χ0v) is 14.3. The normalized spacial score (nSPS) is 12.0. The van der Waals surface area contributed by atoms with Gasteiger partial charge >= 0.3 is 0 Å². The number of aryl methyl sites for hydroxylation is 2. The van der Waals surface area contributed by atoms with E-state index in [4.69, 9.17) is 11.6 Å². The van der Waals surface area contributed by atoms with Gasteiger partial charge in [-0.05, 0) is 24.6 Å². The number of benzene rings is 2. The molecule has 4 nitrogen and oxygen atoms in total. The van der Waals surface area contributed by atoms with Crippen molar-refractivity contribution in [3.05, 3.63) is 88.5 Å². The van der Waals surface area contributed by atoms with E-state index in [0.29, 0.717) is 10.6 Å². The average Bonchev–Trinajstić information content (AvgIpc) is 2.98. The number of carbonyl (C=O) groups excluding carboxylic acids is 1. The Morgan fingerprint density at radius 2 is 2.00 bits per heavy atom. The van der Waals surface area contributed by atoms with Gasteiger partial charge in [0, 0.05) is 19.4 Å². The lowest BCUT2D eigenvalue weighted by molar-refractivity contribution is 0.0941. The molecule has 24 heavy (non-hydrogen) atoms. The summed E-state index contributed by atoms with van der Waals surface area (Å²) in [5.41, 5.74) is 2.55. The van der Waals surface area contributed by atoms with Gasteiger partial charge in [-0.25, -0.2) is 4.98 Å². The van der Waals surface area contributed by atoms with E-state index < -0.39 is 0 Å². The Hall–Kier alpha value is -2.59. The molecule has 0 aliphatic rings. The minimum Gasteiger partial charge on any atom is -0.338 e. The Kier molecular flexibility index (Phi) is 4.67. The predicted molar refractivity (Wildman–Crippen MR) is 95.1 cm³/mol. The molecule has 5 heteroatoms. The number of halogens is 1. The van der Waals surface area contributed by atoms with Crippen LogP contribution < -0.4 is 5.32 Å². The molecule has 1 amide bonds. The molecule has 3 aromatic rings. The molecule has 1 unspecified atom stereocenters. The largest absolute Gasteiger partial charge is 0.338 e. The topological polar surface area (TPSA) is 46.9 Å². The Morgan fingerprint density at radius 1 is 1.21 bits per heavy atom. The van der Waals surface area contributed by atoms with E-state index in [1.54, 1.807) is 30.5 Å². The molecule has 0 bridgehead atoms. The van der Waals surface area contributed by atoms with Gasteiger partial charge in [-0.15, -0.1) is 0 Å². The maximum Gasteiger partial charge on any atom is 0.253 e. The van der Waals surface area contributed by atoms with E-state index in [-0.39, 0.29) is 11.9 Å². The molecule has 0 aliphatic carbocycles. The summed E-state index contributed by atoms with van der Waals surface area (Å²) in [6.45, 7) is 2.02. The number of nitrogens with one attached hydrogen (secondary N) is 1. The van der Waals surface area contributed by atoms with Crippen LogP contribution in [0, 0.1) is 6.92 Å². The first-order valence-corrected chi connectivity index (χ1v) is 8.03. The highest BCUT2D eigenvalue weighted by Crippen LogP contribution is 2.23. The van der Waals surface area contributed by atoms with E-state index in [1.807, 2.05) is 49.0 Å². The summed E-state index contributed by atoms with van der Waals surface area (Å²) in [4.78, 5) is 17.1. The minimum atomic E-state index is -0.353. The molecule has 1 heterocycles. The van der Waals surface area contributed by atoms with Crippen LogP contribution in [-0.2, 0) is 7.05 Å². The average molecular weight is 340 g/mol. The lowest BCUT2D eigenvalue weighted by atomic mass is 10.0. The Morgan fingerprint density at radius 3 is 2.67 bits per heavy atom. The van der Waals surface area contributed by atoms with Gasteiger partial charge in [-0.2, -0.15) is 0 Å². The number of carbonyl (C=O) groups is 1. The number of imidazole rings is 1. The third kappa shape index (κ3) is 3.34. The van der Waals surface area contributed by atoms with Gasteiger partial charge in [-0.1, -0.05) is 53.6 Å². The molecule has 0 spiro atoms. The second-order valence-electron chi connectivity index (χ2n) is 5.70. The molecule has 0 saturated heterocycles. The maximum atomic E-state index is 12.7. The first kappa shape index (κ1) is 16.3. The SMILES string of the molecule is Cc1cccc(C(NC(=O)c2ccccc2Cl)c2nccn2C)c1. The number of nitrogens with zero attached hydrogens (tertiary/aromatic N) is 2. The van der Waals surface area contributed by atoms with E-state index in [0.717, 1.165) is 17.0 Å². The minimum absolute atomic E-state index is 0.227. The molecule has 1 N–H and O–H groups in total. The molecule has 122 valence electrons. The van der Waals surface area contributed by atoms with Crippen LogP contribution in [0.4, 0.5) is 0 Å². The fourth-order valence-electron chi connectivity index (χ4n) is 2.66. The standard InChI is InChI=1S/C19H18ClN3O/c1-13-6-5-7-14(12-13)17(18-21-10-11-23(18)2)22-19(24)15-8-3-4-9-16(15)20/h3-12,17H,1-2H3,(H,22,24). The first-order valence-electron chi connectivity index (χ1n) is 7.65. The highest BCUT2D eigenvalue weighted by atomic mass is 35.5. The van der Waals surface area contributed by atoms with E-state index in [9.17, 15) is 4.79 Å². The number of aromatic nitrogens is 2. The molecule has 1 atom stereocenters. The molecule has 1 aromatic heterocycles. The Labute approximate surface area is 146 Å². The van der Waals surface area contributed by atoms with Crippen molar-refractivity contribution in [2.75, 3.05) is 0 Å². The third-order valence-corrected chi connectivity index (χ3v) is 4.22. The van der Waals surface area contributed by atoms with Gasteiger partial charge in [0.05, 0.1) is 10.6 Å². The second kappa shape index (κ2) is 6.89. The van der Waals surface area contributed by atoms with Gasteiger partial charge in [0.1, 0.15) is 11.9 Å². The molecule has 0 radical (unpaired) electrons. The van der Waals surface area contributed by atoms with Crippen molar-refractivity contribution in [3.63, 3.8) is 0 Å².